The highest BCUT2D eigenvalue weighted by atomic mass is 35.5. The van der Waals surface area contributed by atoms with E-state index in [1.807, 2.05) is 42.6 Å². The van der Waals surface area contributed by atoms with Gasteiger partial charge in [-0.2, -0.15) is 0 Å². The summed E-state index contributed by atoms with van der Waals surface area (Å²) in [6, 6.07) is 25.1. The van der Waals surface area contributed by atoms with E-state index in [0.717, 1.165) is 38.6 Å². The molecule has 4 nitrogen and oxygen atoms in total. The first-order valence-corrected chi connectivity index (χ1v) is 9.92. The second kappa shape index (κ2) is 7.32. The Bertz CT molecular complexity index is 1420. The van der Waals surface area contributed by atoms with E-state index in [0.29, 0.717) is 17.1 Å². The van der Waals surface area contributed by atoms with Crippen LogP contribution in [0.4, 0.5) is 0 Å². The molecule has 2 heterocycles. The second-order valence-corrected chi connectivity index (χ2v) is 7.69. The average Bonchev–Trinajstić information content (AvgIpc) is 3.15. The summed E-state index contributed by atoms with van der Waals surface area (Å²) in [6.45, 7) is 0.595. The monoisotopic (exact) mass is 412 g/mol. The highest BCUT2D eigenvalue weighted by Gasteiger charge is 2.08. The molecule has 5 heteroatoms. The number of fused-ring (bicyclic) bond motifs is 2. The van der Waals surface area contributed by atoms with Gasteiger partial charge in [0.2, 0.25) is 0 Å². The number of aromatic carboxylic acids is 1. The molecule has 3 aromatic carbocycles. The van der Waals surface area contributed by atoms with Crippen LogP contribution in [-0.4, -0.2) is 20.6 Å². The fraction of sp³-hybridized carbons (Fsp3) is 0.0400. The molecule has 0 aliphatic carbocycles. The number of benzene rings is 3. The van der Waals surface area contributed by atoms with Gasteiger partial charge in [0.1, 0.15) is 0 Å². The zero-order valence-corrected chi connectivity index (χ0v) is 16.7. The van der Waals surface area contributed by atoms with Gasteiger partial charge in [-0.25, -0.2) is 9.78 Å². The minimum atomic E-state index is -0.917. The number of pyridine rings is 1. The summed E-state index contributed by atoms with van der Waals surface area (Å²) in [7, 11) is 0. The zero-order valence-electron chi connectivity index (χ0n) is 15.9. The van der Waals surface area contributed by atoms with Gasteiger partial charge in [-0.15, -0.1) is 0 Å². The van der Waals surface area contributed by atoms with E-state index in [4.69, 9.17) is 16.6 Å². The van der Waals surface area contributed by atoms with Crippen LogP contribution < -0.4 is 0 Å². The molecule has 5 aromatic rings. The molecule has 146 valence electrons. The summed E-state index contributed by atoms with van der Waals surface area (Å²) in [4.78, 5) is 16.0. The van der Waals surface area contributed by atoms with Crippen LogP contribution in [0.3, 0.4) is 0 Å². The molecule has 1 N–H and O–H groups in total. The Hall–Kier alpha value is -3.63. The number of carbonyl (C=O) groups is 1. The van der Waals surface area contributed by atoms with Crippen LogP contribution in [0.15, 0.2) is 85.1 Å². The summed E-state index contributed by atoms with van der Waals surface area (Å²) in [5.74, 6) is -0.917. The van der Waals surface area contributed by atoms with Gasteiger partial charge >= 0.3 is 5.97 Å². The number of aromatic nitrogens is 2. The molecule has 0 bridgehead atoms. The van der Waals surface area contributed by atoms with Gasteiger partial charge in [0.25, 0.3) is 0 Å². The molecule has 0 unspecified atom stereocenters. The molecule has 0 saturated carbocycles. The summed E-state index contributed by atoms with van der Waals surface area (Å²) >= 11 is 6.08. The number of hydrogen-bond donors (Lipinski definition) is 1. The van der Waals surface area contributed by atoms with Crippen LogP contribution in [0.25, 0.3) is 33.1 Å². The predicted molar refractivity (Wildman–Crippen MR) is 120 cm³/mol. The lowest BCUT2D eigenvalue weighted by molar-refractivity contribution is 0.0696. The van der Waals surface area contributed by atoms with Gasteiger partial charge < -0.3 is 9.67 Å². The molecule has 0 atom stereocenters. The van der Waals surface area contributed by atoms with Crippen LogP contribution in [0.1, 0.15) is 15.9 Å². The summed E-state index contributed by atoms with van der Waals surface area (Å²) in [5.41, 5.74) is 5.14. The van der Waals surface area contributed by atoms with Gasteiger partial charge in [0.15, 0.2) is 0 Å². The van der Waals surface area contributed by atoms with Crippen molar-refractivity contribution in [1.29, 1.82) is 0 Å². The van der Waals surface area contributed by atoms with Crippen LogP contribution in [0, 0.1) is 0 Å². The maximum atomic E-state index is 11.3. The summed E-state index contributed by atoms with van der Waals surface area (Å²) < 4.78 is 2.13. The first kappa shape index (κ1) is 18.4. The number of nitrogens with zero attached hydrogens (tertiary/aromatic N) is 2. The first-order valence-electron chi connectivity index (χ1n) is 9.55. The second-order valence-electron chi connectivity index (χ2n) is 7.26. The lowest BCUT2D eigenvalue weighted by Gasteiger charge is -2.09. The molecule has 30 heavy (non-hydrogen) atoms. The van der Waals surface area contributed by atoms with Gasteiger partial charge in [0, 0.05) is 34.2 Å². The maximum absolute atomic E-state index is 11.3. The van der Waals surface area contributed by atoms with E-state index in [1.165, 1.54) is 0 Å². The van der Waals surface area contributed by atoms with Crippen molar-refractivity contribution in [1.82, 2.24) is 9.55 Å². The lowest BCUT2D eigenvalue weighted by Crippen LogP contribution is -2.01. The molecule has 0 amide bonds. The Morgan fingerprint density at radius 2 is 1.80 bits per heavy atom. The summed E-state index contributed by atoms with van der Waals surface area (Å²) in [6.07, 6.45) is 2.03. The minimum Gasteiger partial charge on any atom is -0.478 e. The van der Waals surface area contributed by atoms with E-state index < -0.39 is 5.97 Å². The number of hydrogen-bond acceptors (Lipinski definition) is 2. The lowest BCUT2D eigenvalue weighted by atomic mass is 10.1. The quantitative estimate of drug-likeness (QED) is 0.379. The standard InChI is InChI=1S/C25H17ClN2O2/c26-21-7-9-23-18(13-21)6-8-22(27-23)19-5-4-17-10-11-28(24(17)14-19)15-16-2-1-3-20(12-16)25(29)30/h1-14H,15H2,(H,29,30). The maximum Gasteiger partial charge on any atom is 0.335 e. The highest BCUT2D eigenvalue weighted by molar-refractivity contribution is 6.31. The van der Waals surface area contributed by atoms with Crippen molar-refractivity contribution in [2.75, 3.05) is 0 Å². The fourth-order valence-corrected chi connectivity index (χ4v) is 3.92. The van der Waals surface area contributed by atoms with Crippen molar-refractivity contribution in [2.24, 2.45) is 0 Å². The molecule has 0 spiro atoms. The number of carboxylic acid groups (broad SMARTS) is 1. The van der Waals surface area contributed by atoms with Gasteiger partial charge in [-0.3, -0.25) is 0 Å². The topological polar surface area (TPSA) is 55.1 Å². The van der Waals surface area contributed by atoms with Gasteiger partial charge in [0.05, 0.1) is 16.8 Å². The third-order valence-electron chi connectivity index (χ3n) is 5.25. The molecular formula is C25H17ClN2O2. The van der Waals surface area contributed by atoms with Crippen molar-refractivity contribution < 1.29 is 9.90 Å². The van der Waals surface area contributed by atoms with Crippen molar-refractivity contribution in [2.45, 2.75) is 6.54 Å². The minimum absolute atomic E-state index is 0.296. The Morgan fingerprint density at radius 1 is 0.933 bits per heavy atom. The average molecular weight is 413 g/mol. The van der Waals surface area contributed by atoms with Gasteiger partial charge in [-0.1, -0.05) is 41.9 Å². The zero-order chi connectivity index (χ0) is 20.7. The highest BCUT2D eigenvalue weighted by Crippen LogP contribution is 2.27. The summed E-state index contributed by atoms with van der Waals surface area (Å²) in [5, 5.41) is 12.1. The third-order valence-corrected chi connectivity index (χ3v) is 5.48. The molecular weight excluding hydrogens is 396 g/mol. The van der Waals surface area contributed by atoms with Crippen LogP contribution in [0.5, 0.6) is 0 Å². The normalized spacial score (nSPS) is 11.2. The number of halogens is 1. The molecule has 0 aliphatic rings. The molecule has 0 aliphatic heterocycles. The van der Waals surface area contributed by atoms with Crippen LogP contribution >= 0.6 is 11.6 Å². The Labute approximate surface area is 178 Å². The van der Waals surface area contributed by atoms with Crippen molar-refractivity contribution >= 4 is 39.4 Å². The van der Waals surface area contributed by atoms with Crippen molar-refractivity contribution in [3.05, 3.63) is 101 Å². The Morgan fingerprint density at radius 3 is 2.67 bits per heavy atom. The SMILES string of the molecule is O=C(O)c1cccc(Cn2ccc3ccc(-c4ccc5cc(Cl)ccc5n4)cc32)c1. The van der Waals surface area contributed by atoms with E-state index >= 15 is 0 Å². The van der Waals surface area contributed by atoms with Crippen molar-refractivity contribution in [3.8, 4) is 11.3 Å². The van der Waals surface area contributed by atoms with Crippen LogP contribution in [-0.2, 0) is 6.54 Å². The van der Waals surface area contributed by atoms with E-state index in [1.54, 1.807) is 18.2 Å². The third kappa shape index (κ3) is 3.42. The Balaban J connectivity index is 1.54. The van der Waals surface area contributed by atoms with Gasteiger partial charge in [-0.05, 0) is 59.5 Å². The van der Waals surface area contributed by atoms with Crippen molar-refractivity contribution in [3.63, 3.8) is 0 Å². The van der Waals surface area contributed by atoms with E-state index in [2.05, 4.69) is 28.8 Å². The van der Waals surface area contributed by atoms with E-state index in [-0.39, 0.29) is 0 Å². The van der Waals surface area contributed by atoms with E-state index in [9.17, 15) is 9.90 Å². The smallest absolute Gasteiger partial charge is 0.335 e. The fourth-order valence-electron chi connectivity index (χ4n) is 3.74. The first-order chi connectivity index (χ1) is 14.6. The number of rotatable bonds is 4. The predicted octanol–water partition coefficient (Wildman–Crippen LogP) is 6.26. The Kier molecular flexibility index (Phi) is 4.49. The molecule has 0 fully saturated rings. The molecule has 2 aromatic heterocycles. The largest absolute Gasteiger partial charge is 0.478 e. The molecule has 0 saturated heterocycles. The molecule has 0 radical (unpaired) electrons. The van der Waals surface area contributed by atoms with Crippen LogP contribution in [0.2, 0.25) is 5.02 Å². The molecule has 5 rings (SSSR count). The number of carboxylic acids is 1.